The second-order valence-electron chi connectivity index (χ2n) is 14.5. The van der Waals surface area contributed by atoms with Crippen LogP contribution in [0.15, 0.2) is 133 Å². The lowest BCUT2D eigenvalue weighted by atomic mass is 9.85. The summed E-state index contributed by atoms with van der Waals surface area (Å²) in [6.45, 7) is 13.5. The predicted molar refractivity (Wildman–Crippen MR) is 220 cm³/mol. The van der Waals surface area contributed by atoms with E-state index in [9.17, 15) is 0 Å². The SMILES string of the molecule is Cc1cc(C)c(-c2c3cccc4ccc5cccc6c(-c7c(C)cc(C)cc7C)c7cccc(ccc8cccc2c8cc43)c7cc56)c(C)c1. The fraction of sp³-hybridized carbons (Fsp3) is 0.120. The van der Waals surface area contributed by atoms with E-state index in [-0.39, 0.29) is 0 Å². The van der Waals surface area contributed by atoms with Crippen molar-refractivity contribution in [1.82, 2.24) is 0 Å². The van der Waals surface area contributed by atoms with Gasteiger partial charge in [-0.1, -0.05) is 132 Å². The summed E-state index contributed by atoms with van der Waals surface area (Å²) in [6, 6.07) is 50.8. The number of hydrogen-bond donors (Lipinski definition) is 0. The average molecular weight is 641 g/mol. The normalized spacial score (nSPS) is 11.8. The summed E-state index contributed by atoms with van der Waals surface area (Å²) in [5.74, 6) is 0. The van der Waals surface area contributed by atoms with Crippen molar-refractivity contribution in [2.24, 2.45) is 0 Å². The second-order valence-corrected chi connectivity index (χ2v) is 14.5. The van der Waals surface area contributed by atoms with E-state index >= 15 is 0 Å². The van der Waals surface area contributed by atoms with Gasteiger partial charge in [-0.3, -0.25) is 0 Å². The summed E-state index contributed by atoms with van der Waals surface area (Å²) in [5.41, 5.74) is 13.2. The molecule has 9 aromatic carbocycles. The van der Waals surface area contributed by atoms with E-state index in [2.05, 4.69) is 175 Å². The Morgan fingerprint density at radius 1 is 0.240 bits per heavy atom. The van der Waals surface area contributed by atoms with Crippen molar-refractivity contribution in [3.8, 4) is 22.3 Å². The lowest BCUT2D eigenvalue weighted by Gasteiger charge is -2.19. The van der Waals surface area contributed by atoms with Crippen LogP contribution in [0.3, 0.4) is 0 Å². The van der Waals surface area contributed by atoms with Crippen LogP contribution in [-0.2, 0) is 0 Å². The summed E-state index contributed by atoms with van der Waals surface area (Å²) in [7, 11) is 0. The zero-order valence-corrected chi connectivity index (χ0v) is 29.7. The molecule has 0 aromatic heterocycles. The molecule has 0 spiro atoms. The lowest BCUT2D eigenvalue weighted by Crippen LogP contribution is -1.94. The molecule has 0 amide bonds. The summed E-state index contributed by atoms with van der Waals surface area (Å²) in [6.07, 6.45) is 0. The number of hydrogen-bond acceptors (Lipinski definition) is 0. The molecule has 0 saturated heterocycles. The fourth-order valence-corrected chi connectivity index (χ4v) is 9.06. The maximum absolute atomic E-state index is 2.43. The molecule has 0 radical (unpaired) electrons. The quantitative estimate of drug-likeness (QED) is 0.165. The molecular weight excluding hydrogens is 601 g/mol. The first kappa shape index (κ1) is 30.3. The third-order valence-corrected chi connectivity index (χ3v) is 11.0. The highest BCUT2D eigenvalue weighted by Gasteiger charge is 2.18. The summed E-state index contributed by atoms with van der Waals surface area (Å²) in [5, 5.41) is 15.2. The van der Waals surface area contributed by atoms with Crippen LogP contribution in [0.25, 0.3) is 86.9 Å². The monoisotopic (exact) mass is 640 g/mol. The van der Waals surface area contributed by atoms with Crippen molar-refractivity contribution < 1.29 is 0 Å². The minimum atomic E-state index is 1.23. The lowest BCUT2D eigenvalue weighted by molar-refractivity contribution is 1.33. The van der Waals surface area contributed by atoms with Crippen molar-refractivity contribution in [1.29, 1.82) is 0 Å². The molecule has 4 bridgehead atoms. The Hall–Kier alpha value is -5.72. The molecule has 0 nitrogen and oxygen atoms in total. The topological polar surface area (TPSA) is 0 Å². The third kappa shape index (κ3) is 4.66. The maximum atomic E-state index is 2.43. The number of rotatable bonds is 2. The standard InChI is InChI=1S/C50H40/c1-29-23-31(3)47(32(4)24-29)49-39-15-7-11-35-19-21-37-13-9-17-41-45(37)28-46-38(22-20-36-12-8-16-40(49)44(36)27-43(35)39)14-10-18-42(46)50(41)48-33(5)25-30(2)26-34(48)6/h7-28H,1-6H3. The minimum absolute atomic E-state index is 1.23. The van der Waals surface area contributed by atoms with Crippen LogP contribution in [0.1, 0.15) is 33.4 Å². The van der Waals surface area contributed by atoms with Crippen LogP contribution in [0.4, 0.5) is 0 Å². The van der Waals surface area contributed by atoms with E-state index in [1.54, 1.807) is 0 Å². The van der Waals surface area contributed by atoms with Gasteiger partial charge in [0.2, 0.25) is 0 Å². The zero-order chi connectivity index (χ0) is 34.3. The highest BCUT2D eigenvalue weighted by atomic mass is 14.2. The molecule has 0 aliphatic carbocycles. The van der Waals surface area contributed by atoms with Gasteiger partial charge < -0.3 is 0 Å². The Balaban J connectivity index is 1.51. The largest absolute Gasteiger partial charge is 0.0610 e. The molecular formula is C50H40. The van der Waals surface area contributed by atoms with Crippen molar-refractivity contribution in [2.75, 3.05) is 0 Å². The van der Waals surface area contributed by atoms with Crippen LogP contribution in [0.2, 0.25) is 0 Å². The minimum Gasteiger partial charge on any atom is -0.0610 e. The van der Waals surface area contributed by atoms with Gasteiger partial charge in [-0.25, -0.2) is 0 Å². The first-order chi connectivity index (χ1) is 24.3. The van der Waals surface area contributed by atoms with E-state index in [1.807, 2.05) is 0 Å². The fourth-order valence-electron chi connectivity index (χ4n) is 9.06. The highest BCUT2D eigenvalue weighted by molar-refractivity contribution is 6.22. The van der Waals surface area contributed by atoms with E-state index in [1.165, 1.54) is 120 Å². The van der Waals surface area contributed by atoms with Gasteiger partial charge in [0, 0.05) is 0 Å². The van der Waals surface area contributed by atoms with Crippen LogP contribution < -0.4 is 0 Å². The predicted octanol–water partition coefficient (Wildman–Crippen LogP) is 14.4. The summed E-state index contributed by atoms with van der Waals surface area (Å²) in [4.78, 5) is 0. The van der Waals surface area contributed by atoms with Gasteiger partial charge in [0.15, 0.2) is 0 Å². The zero-order valence-electron chi connectivity index (χ0n) is 29.7. The van der Waals surface area contributed by atoms with Gasteiger partial charge >= 0.3 is 0 Å². The number of aryl methyl sites for hydroxylation is 6. The first-order valence-electron chi connectivity index (χ1n) is 17.8. The molecule has 0 aliphatic rings. The van der Waals surface area contributed by atoms with E-state index < -0.39 is 0 Å². The Bertz CT molecular complexity index is 2530. The molecule has 0 saturated carbocycles. The molecule has 0 heterocycles. The van der Waals surface area contributed by atoms with Crippen LogP contribution in [0, 0.1) is 41.5 Å². The van der Waals surface area contributed by atoms with Crippen molar-refractivity contribution in [3.63, 3.8) is 0 Å². The molecule has 0 atom stereocenters. The molecule has 0 N–H and O–H groups in total. The Labute approximate surface area is 294 Å². The van der Waals surface area contributed by atoms with Crippen molar-refractivity contribution >= 4 is 64.6 Å². The molecule has 240 valence electrons. The highest BCUT2D eigenvalue weighted by Crippen LogP contribution is 2.44. The molecule has 9 rings (SSSR count). The molecule has 9 aromatic rings. The van der Waals surface area contributed by atoms with E-state index in [4.69, 9.17) is 0 Å². The van der Waals surface area contributed by atoms with E-state index in [0.717, 1.165) is 0 Å². The summed E-state index contributed by atoms with van der Waals surface area (Å²) < 4.78 is 0. The van der Waals surface area contributed by atoms with Gasteiger partial charge in [0.25, 0.3) is 0 Å². The maximum Gasteiger partial charge on any atom is -0.00210 e. The van der Waals surface area contributed by atoms with Gasteiger partial charge in [-0.15, -0.1) is 0 Å². The van der Waals surface area contributed by atoms with Gasteiger partial charge in [0.05, 0.1) is 0 Å². The van der Waals surface area contributed by atoms with Crippen molar-refractivity contribution in [3.05, 3.63) is 167 Å². The first-order valence-corrected chi connectivity index (χ1v) is 17.8. The number of benzene rings is 8. The Morgan fingerprint density at radius 3 is 0.760 bits per heavy atom. The van der Waals surface area contributed by atoms with Gasteiger partial charge in [-0.2, -0.15) is 0 Å². The smallest absolute Gasteiger partial charge is 0.00210 e. The van der Waals surface area contributed by atoms with E-state index in [0.29, 0.717) is 0 Å². The van der Waals surface area contributed by atoms with Crippen LogP contribution in [-0.4, -0.2) is 0 Å². The molecule has 0 heteroatoms. The Kier molecular flexibility index (Phi) is 6.94. The summed E-state index contributed by atoms with van der Waals surface area (Å²) >= 11 is 0. The third-order valence-electron chi connectivity index (χ3n) is 11.0. The van der Waals surface area contributed by atoms with Crippen LogP contribution in [0.5, 0.6) is 0 Å². The second kappa shape index (κ2) is 11.4. The van der Waals surface area contributed by atoms with Gasteiger partial charge in [0.1, 0.15) is 0 Å². The molecule has 0 unspecified atom stereocenters. The molecule has 0 aliphatic heterocycles. The van der Waals surface area contributed by atoms with Gasteiger partial charge in [-0.05, 0) is 163 Å². The molecule has 50 heavy (non-hydrogen) atoms. The Morgan fingerprint density at radius 2 is 0.500 bits per heavy atom. The molecule has 0 fully saturated rings. The average Bonchev–Trinajstić information content (AvgIpc) is 3.08. The van der Waals surface area contributed by atoms with Crippen LogP contribution >= 0.6 is 0 Å². The van der Waals surface area contributed by atoms with Crippen molar-refractivity contribution in [2.45, 2.75) is 41.5 Å².